The van der Waals surface area contributed by atoms with Gasteiger partial charge >= 0.3 is 0 Å². The zero-order chi connectivity index (χ0) is 18.5. The molecule has 3 aromatic rings. The van der Waals surface area contributed by atoms with Crippen LogP contribution >= 0.6 is 0 Å². The van der Waals surface area contributed by atoms with Gasteiger partial charge in [0.2, 0.25) is 11.7 Å². The van der Waals surface area contributed by atoms with E-state index < -0.39 is 0 Å². The molecule has 1 aromatic heterocycles. The fraction of sp³-hybridized carbons (Fsp3) is 0.250. The van der Waals surface area contributed by atoms with Crippen molar-refractivity contribution in [2.45, 2.75) is 20.4 Å². The molecule has 0 saturated heterocycles. The highest BCUT2D eigenvalue weighted by Gasteiger charge is 2.15. The number of amides is 1. The minimum absolute atomic E-state index is 0.0426. The molecule has 6 nitrogen and oxygen atoms in total. The van der Waals surface area contributed by atoms with Crippen LogP contribution in [0.2, 0.25) is 0 Å². The zero-order valence-electron chi connectivity index (χ0n) is 15.1. The lowest BCUT2D eigenvalue weighted by Crippen LogP contribution is -2.31. The van der Waals surface area contributed by atoms with Crippen LogP contribution in [0.4, 0.5) is 0 Å². The molecule has 1 heterocycles. The lowest BCUT2D eigenvalue weighted by atomic mass is 10.1. The van der Waals surface area contributed by atoms with E-state index in [0.29, 0.717) is 17.5 Å². The summed E-state index contributed by atoms with van der Waals surface area (Å²) in [7, 11) is 1.68. The van der Waals surface area contributed by atoms with Crippen LogP contribution in [0.1, 0.15) is 17.0 Å². The van der Waals surface area contributed by atoms with Gasteiger partial charge in [0.15, 0.2) is 6.61 Å². The molecule has 134 valence electrons. The Morgan fingerprint density at radius 2 is 1.81 bits per heavy atom. The van der Waals surface area contributed by atoms with Crippen LogP contribution in [0.25, 0.3) is 11.4 Å². The fourth-order valence-electron chi connectivity index (χ4n) is 2.59. The minimum Gasteiger partial charge on any atom is -0.484 e. The molecular formula is C20H21N3O3. The predicted molar refractivity (Wildman–Crippen MR) is 97.6 cm³/mol. The second-order valence-electron chi connectivity index (χ2n) is 6.24. The van der Waals surface area contributed by atoms with Crippen molar-refractivity contribution in [2.75, 3.05) is 13.7 Å². The maximum absolute atomic E-state index is 12.3. The van der Waals surface area contributed by atoms with Crippen molar-refractivity contribution in [3.05, 3.63) is 65.5 Å². The number of ether oxygens (including phenoxy) is 1. The molecular weight excluding hydrogens is 330 g/mol. The molecule has 0 bridgehead atoms. The molecule has 0 saturated carbocycles. The van der Waals surface area contributed by atoms with Crippen LogP contribution in [0.15, 0.2) is 53.1 Å². The van der Waals surface area contributed by atoms with E-state index in [4.69, 9.17) is 9.26 Å². The van der Waals surface area contributed by atoms with Gasteiger partial charge in [-0.05, 0) is 37.1 Å². The standard InChI is InChI=1S/C20H21N3O3/c1-14-9-15(2)11-17(10-14)25-13-19(24)23(3)12-18-21-20(22-26-18)16-7-5-4-6-8-16/h4-11H,12-13H2,1-3H3. The third-order valence-corrected chi connectivity index (χ3v) is 3.86. The first kappa shape index (κ1) is 17.7. The zero-order valence-corrected chi connectivity index (χ0v) is 15.1. The van der Waals surface area contributed by atoms with Crippen LogP contribution < -0.4 is 4.74 Å². The summed E-state index contributed by atoms with van der Waals surface area (Å²) in [4.78, 5) is 18.1. The molecule has 0 fully saturated rings. The number of rotatable bonds is 6. The van der Waals surface area contributed by atoms with Gasteiger partial charge in [0.25, 0.3) is 5.91 Å². The first-order valence-electron chi connectivity index (χ1n) is 8.34. The van der Waals surface area contributed by atoms with Crippen LogP contribution in [0.3, 0.4) is 0 Å². The van der Waals surface area contributed by atoms with Gasteiger partial charge in [0.05, 0.1) is 6.54 Å². The summed E-state index contributed by atoms with van der Waals surface area (Å²) >= 11 is 0. The van der Waals surface area contributed by atoms with Crippen molar-refractivity contribution in [3.8, 4) is 17.1 Å². The summed E-state index contributed by atoms with van der Waals surface area (Å²) in [5.41, 5.74) is 3.06. The SMILES string of the molecule is Cc1cc(C)cc(OCC(=O)N(C)Cc2nc(-c3ccccc3)no2)c1. The van der Waals surface area contributed by atoms with Crippen molar-refractivity contribution in [2.24, 2.45) is 0 Å². The number of carbonyl (C=O) groups is 1. The summed E-state index contributed by atoms with van der Waals surface area (Å²) in [5.74, 6) is 1.41. The number of likely N-dealkylation sites (N-methyl/N-ethyl adjacent to an activating group) is 1. The quantitative estimate of drug-likeness (QED) is 0.681. The Morgan fingerprint density at radius 3 is 2.50 bits per heavy atom. The average molecular weight is 351 g/mol. The number of nitrogens with zero attached hydrogens (tertiary/aromatic N) is 3. The van der Waals surface area contributed by atoms with Crippen molar-refractivity contribution < 1.29 is 14.1 Å². The van der Waals surface area contributed by atoms with Gasteiger partial charge in [0, 0.05) is 12.6 Å². The lowest BCUT2D eigenvalue weighted by molar-refractivity contribution is -0.132. The smallest absolute Gasteiger partial charge is 0.260 e. The first-order valence-corrected chi connectivity index (χ1v) is 8.34. The van der Waals surface area contributed by atoms with Crippen molar-refractivity contribution in [1.82, 2.24) is 15.0 Å². The van der Waals surface area contributed by atoms with Gasteiger partial charge in [0.1, 0.15) is 5.75 Å². The highest BCUT2D eigenvalue weighted by molar-refractivity contribution is 5.77. The van der Waals surface area contributed by atoms with Crippen LogP contribution in [-0.2, 0) is 11.3 Å². The molecule has 0 atom stereocenters. The molecule has 6 heteroatoms. The number of carbonyl (C=O) groups excluding carboxylic acids is 1. The third-order valence-electron chi connectivity index (χ3n) is 3.86. The predicted octanol–water partition coefficient (Wildman–Crippen LogP) is 3.39. The van der Waals surface area contributed by atoms with Gasteiger partial charge in [-0.3, -0.25) is 4.79 Å². The summed E-state index contributed by atoms with van der Waals surface area (Å²) in [6.45, 7) is 4.18. The Hall–Kier alpha value is -3.15. The Morgan fingerprint density at radius 1 is 1.12 bits per heavy atom. The lowest BCUT2D eigenvalue weighted by Gasteiger charge is -2.15. The Kier molecular flexibility index (Phi) is 5.31. The maximum Gasteiger partial charge on any atom is 0.260 e. The van der Waals surface area contributed by atoms with E-state index in [-0.39, 0.29) is 19.1 Å². The van der Waals surface area contributed by atoms with E-state index in [1.807, 2.05) is 56.3 Å². The summed E-state index contributed by atoms with van der Waals surface area (Å²) in [5, 5.41) is 3.96. The van der Waals surface area contributed by atoms with Crippen LogP contribution in [0, 0.1) is 13.8 Å². The van der Waals surface area contributed by atoms with E-state index in [0.717, 1.165) is 16.7 Å². The first-order chi connectivity index (χ1) is 12.5. The van der Waals surface area contributed by atoms with E-state index in [2.05, 4.69) is 16.2 Å². The second kappa shape index (κ2) is 7.82. The van der Waals surface area contributed by atoms with E-state index >= 15 is 0 Å². The highest BCUT2D eigenvalue weighted by atomic mass is 16.5. The number of aromatic nitrogens is 2. The normalized spacial score (nSPS) is 10.6. The van der Waals surface area contributed by atoms with Crippen molar-refractivity contribution in [1.29, 1.82) is 0 Å². The van der Waals surface area contributed by atoms with E-state index in [1.165, 1.54) is 4.90 Å². The molecule has 0 unspecified atom stereocenters. The minimum atomic E-state index is -0.163. The molecule has 0 aliphatic carbocycles. The Bertz CT molecular complexity index is 870. The van der Waals surface area contributed by atoms with Gasteiger partial charge in [-0.25, -0.2) is 0 Å². The molecule has 26 heavy (non-hydrogen) atoms. The third kappa shape index (κ3) is 4.47. The summed E-state index contributed by atoms with van der Waals surface area (Å²) in [6, 6.07) is 15.4. The van der Waals surface area contributed by atoms with Crippen molar-refractivity contribution in [3.63, 3.8) is 0 Å². The molecule has 1 amide bonds. The maximum atomic E-state index is 12.3. The number of hydrogen-bond donors (Lipinski definition) is 0. The van der Waals surface area contributed by atoms with Gasteiger partial charge in [-0.2, -0.15) is 4.98 Å². The molecule has 0 radical (unpaired) electrons. The van der Waals surface area contributed by atoms with E-state index in [9.17, 15) is 4.79 Å². The summed E-state index contributed by atoms with van der Waals surface area (Å²) < 4.78 is 10.8. The van der Waals surface area contributed by atoms with Crippen LogP contribution in [0.5, 0.6) is 5.75 Å². The number of benzene rings is 2. The second-order valence-corrected chi connectivity index (χ2v) is 6.24. The molecule has 0 spiro atoms. The molecule has 3 rings (SSSR count). The molecule has 0 aliphatic rings. The van der Waals surface area contributed by atoms with E-state index in [1.54, 1.807) is 7.05 Å². The molecule has 0 aliphatic heterocycles. The fourth-order valence-corrected chi connectivity index (χ4v) is 2.59. The van der Waals surface area contributed by atoms with Gasteiger partial charge < -0.3 is 14.2 Å². The van der Waals surface area contributed by atoms with Gasteiger partial charge in [-0.15, -0.1) is 0 Å². The molecule has 2 aromatic carbocycles. The topological polar surface area (TPSA) is 68.5 Å². The average Bonchev–Trinajstić information content (AvgIpc) is 3.08. The monoisotopic (exact) mass is 351 g/mol. The van der Waals surface area contributed by atoms with Crippen LogP contribution in [-0.4, -0.2) is 34.6 Å². The molecule has 0 N–H and O–H groups in total. The number of aryl methyl sites for hydroxylation is 2. The Balaban J connectivity index is 1.57. The highest BCUT2D eigenvalue weighted by Crippen LogP contribution is 2.17. The summed E-state index contributed by atoms with van der Waals surface area (Å²) in [6.07, 6.45) is 0. The largest absolute Gasteiger partial charge is 0.484 e. The Labute approximate surface area is 152 Å². The van der Waals surface area contributed by atoms with Crippen molar-refractivity contribution >= 4 is 5.91 Å². The number of hydrogen-bond acceptors (Lipinski definition) is 5. The van der Waals surface area contributed by atoms with Gasteiger partial charge in [-0.1, -0.05) is 41.6 Å².